The first-order valence-electron chi connectivity index (χ1n) is 4.08. The van der Waals surface area contributed by atoms with Gasteiger partial charge in [0.25, 0.3) is 0 Å². The number of fused-ring (bicyclic) bond motifs is 1. The van der Waals surface area contributed by atoms with E-state index >= 15 is 0 Å². The van der Waals surface area contributed by atoms with E-state index in [9.17, 15) is 8.42 Å². The van der Waals surface area contributed by atoms with Gasteiger partial charge >= 0.3 is 0 Å². The molecule has 0 saturated heterocycles. The summed E-state index contributed by atoms with van der Waals surface area (Å²) in [5.74, 6) is 0. The van der Waals surface area contributed by atoms with Crippen LogP contribution in [0.25, 0.3) is 10.2 Å². The quantitative estimate of drug-likeness (QED) is 0.777. The van der Waals surface area contributed by atoms with E-state index in [-0.39, 0.29) is 0 Å². The number of nitrogens with one attached hydrogen (secondary N) is 1. The average Bonchev–Trinajstić information content (AvgIpc) is 2.42. The van der Waals surface area contributed by atoms with E-state index < -0.39 is 10.0 Å². The Bertz CT molecular complexity index is 603. The number of benzene rings is 1. The van der Waals surface area contributed by atoms with Gasteiger partial charge in [-0.15, -0.1) is 0 Å². The average molecular weight is 243 g/mol. The van der Waals surface area contributed by atoms with Crippen LogP contribution in [0.5, 0.6) is 0 Å². The summed E-state index contributed by atoms with van der Waals surface area (Å²) in [6.45, 7) is 0. The predicted octanol–water partition coefficient (Wildman–Crippen LogP) is 1.25. The topological polar surface area (TPSA) is 85.1 Å². The molecule has 0 radical (unpaired) electrons. The Hall–Kier alpha value is -1.34. The van der Waals surface area contributed by atoms with E-state index in [1.807, 2.05) is 0 Å². The summed E-state index contributed by atoms with van der Waals surface area (Å²) >= 11 is 1.26. The van der Waals surface area contributed by atoms with Crippen LogP contribution in [-0.4, -0.2) is 19.7 Å². The summed E-state index contributed by atoms with van der Waals surface area (Å²) in [4.78, 5) is 4.11. The number of anilines is 2. The van der Waals surface area contributed by atoms with Gasteiger partial charge in [0.05, 0.1) is 16.5 Å². The Morgan fingerprint density at radius 1 is 1.47 bits per heavy atom. The molecule has 0 saturated carbocycles. The number of nitrogens with two attached hydrogens (primary N) is 1. The Balaban J connectivity index is 2.48. The second kappa shape index (κ2) is 3.35. The van der Waals surface area contributed by atoms with Crippen LogP contribution in [0, 0.1) is 0 Å². The van der Waals surface area contributed by atoms with E-state index in [1.165, 1.54) is 11.3 Å². The standard InChI is InChI=1S/C8H9N3O2S2/c1-15(12,13)11-8-10-6-3-2-5(9)4-7(6)14-8/h2-4H,9H2,1H3,(H,10,11). The molecule has 0 amide bonds. The Labute approximate surface area is 91.0 Å². The van der Waals surface area contributed by atoms with Gasteiger partial charge in [-0.25, -0.2) is 13.4 Å². The van der Waals surface area contributed by atoms with Gasteiger partial charge in [-0.1, -0.05) is 11.3 Å². The smallest absolute Gasteiger partial charge is 0.231 e. The minimum absolute atomic E-state index is 0.359. The normalized spacial score (nSPS) is 11.8. The van der Waals surface area contributed by atoms with Crippen molar-refractivity contribution in [1.29, 1.82) is 0 Å². The largest absolute Gasteiger partial charge is 0.399 e. The molecule has 0 spiro atoms. The van der Waals surface area contributed by atoms with Crippen molar-refractivity contribution in [3.8, 4) is 0 Å². The van der Waals surface area contributed by atoms with E-state index in [2.05, 4.69) is 9.71 Å². The molecule has 0 atom stereocenters. The first-order valence-corrected chi connectivity index (χ1v) is 6.79. The zero-order chi connectivity index (χ0) is 11.1. The monoisotopic (exact) mass is 243 g/mol. The summed E-state index contributed by atoms with van der Waals surface area (Å²) in [6.07, 6.45) is 1.09. The maximum absolute atomic E-state index is 11.0. The molecule has 1 aromatic carbocycles. The molecule has 3 N–H and O–H groups in total. The lowest BCUT2D eigenvalue weighted by Crippen LogP contribution is -2.08. The van der Waals surface area contributed by atoms with Crippen LogP contribution in [-0.2, 0) is 10.0 Å². The van der Waals surface area contributed by atoms with Crippen molar-refractivity contribution in [2.75, 3.05) is 16.7 Å². The lowest BCUT2D eigenvalue weighted by Gasteiger charge is -1.95. The fraction of sp³-hybridized carbons (Fsp3) is 0.125. The number of hydrogen-bond donors (Lipinski definition) is 2. The Morgan fingerprint density at radius 3 is 2.87 bits per heavy atom. The number of sulfonamides is 1. The fourth-order valence-corrected chi connectivity index (χ4v) is 2.89. The number of thiazole rings is 1. The highest BCUT2D eigenvalue weighted by Gasteiger charge is 2.07. The molecule has 80 valence electrons. The molecule has 2 aromatic rings. The van der Waals surface area contributed by atoms with Crippen molar-refractivity contribution >= 4 is 42.4 Å². The lowest BCUT2D eigenvalue weighted by atomic mass is 10.3. The van der Waals surface area contributed by atoms with Crippen molar-refractivity contribution in [2.45, 2.75) is 0 Å². The second-order valence-electron chi connectivity index (χ2n) is 3.12. The summed E-state index contributed by atoms with van der Waals surface area (Å²) in [5, 5.41) is 0.359. The van der Waals surface area contributed by atoms with E-state index in [0.29, 0.717) is 10.8 Å². The third-order valence-corrected chi connectivity index (χ3v) is 3.31. The van der Waals surface area contributed by atoms with Gasteiger partial charge in [0.2, 0.25) is 10.0 Å². The third kappa shape index (κ3) is 2.37. The fourth-order valence-electron chi connectivity index (χ4n) is 1.14. The van der Waals surface area contributed by atoms with Crippen LogP contribution >= 0.6 is 11.3 Å². The molecule has 0 aliphatic carbocycles. The molecule has 5 nitrogen and oxygen atoms in total. The first-order chi connectivity index (χ1) is 6.94. The summed E-state index contributed by atoms with van der Waals surface area (Å²) in [7, 11) is -3.27. The maximum atomic E-state index is 11.0. The summed E-state index contributed by atoms with van der Waals surface area (Å²) in [5.41, 5.74) is 6.97. The number of nitrogens with zero attached hydrogens (tertiary/aromatic N) is 1. The Morgan fingerprint density at radius 2 is 2.20 bits per heavy atom. The molecule has 2 rings (SSSR count). The molecule has 1 aromatic heterocycles. The van der Waals surface area contributed by atoms with E-state index in [0.717, 1.165) is 16.5 Å². The second-order valence-corrected chi connectivity index (χ2v) is 5.90. The zero-order valence-electron chi connectivity index (χ0n) is 7.89. The highest BCUT2D eigenvalue weighted by molar-refractivity contribution is 7.92. The summed E-state index contributed by atoms with van der Waals surface area (Å²) < 4.78 is 25.1. The Kier molecular flexibility index (Phi) is 2.28. The van der Waals surface area contributed by atoms with Gasteiger partial charge in [0.1, 0.15) is 0 Å². The minimum Gasteiger partial charge on any atom is -0.399 e. The number of hydrogen-bond acceptors (Lipinski definition) is 5. The van der Waals surface area contributed by atoms with Crippen LogP contribution in [0.1, 0.15) is 0 Å². The molecule has 15 heavy (non-hydrogen) atoms. The van der Waals surface area contributed by atoms with E-state index in [1.54, 1.807) is 18.2 Å². The molecule has 1 heterocycles. The van der Waals surface area contributed by atoms with Crippen molar-refractivity contribution in [1.82, 2.24) is 4.98 Å². The van der Waals surface area contributed by atoms with Gasteiger partial charge in [0, 0.05) is 5.69 Å². The number of aromatic nitrogens is 1. The highest BCUT2D eigenvalue weighted by Crippen LogP contribution is 2.27. The van der Waals surface area contributed by atoms with Crippen molar-refractivity contribution in [3.05, 3.63) is 18.2 Å². The molecule has 0 bridgehead atoms. The van der Waals surface area contributed by atoms with E-state index in [4.69, 9.17) is 5.73 Å². The zero-order valence-corrected chi connectivity index (χ0v) is 9.52. The van der Waals surface area contributed by atoms with Crippen LogP contribution in [0.15, 0.2) is 18.2 Å². The van der Waals surface area contributed by atoms with Gasteiger partial charge in [-0.3, -0.25) is 4.72 Å². The maximum Gasteiger partial charge on any atom is 0.231 e. The molecular weight excluding hydrogens is 234 g/mol. The summed E-state index contributed by atoms with van der Waals surface area (Å²) in [6, 6.07) is 5.25. The van der Waals surface area contributed by atoms with Gasteiger partial charge in [0.15, 0.2) is 5.13 Å². The molecular formula is C8H9N3O2S2. The predicted molar refractivity (Wildman–Crippen MR) is 62.5 cm³/mol. The molecule has 7 heteroatoms. The van der Waals surface area contributed by atoms with Gasteiger partial charge < -0.3 is 5.73 Å². The molecule has 0 fully saturated rings. The molecule has 0 aliphatic heterocycles. The van der Waals surface area contributed by atoms with Crippen LogP contribution in [0.4, 0.5) is 10.8 Å². The van der Waals surface area contributed by atoms with Crippen molar-refractivity contribution in [2.24, 2.45) is 0 Å². The van der Waals surface area contributed by atoms with Gasteiger partial charge in [-0.05, 0) is 18.2 Å². The molecule has 0 unspecified atom stereocenters. The lowest BCUT2D eigenvalue weighted by molar-refractivity contribution is 0.607. The van der Waals surface area contributed by atoms with Crippen molar-refractivity contribution < 1.29 is 8.42 Å². The van der Waals surface area contributed by atoms with Gasteiger partial charge in [-0.2, -0.15) is 0 Å². The number of rotatable bonds is 2. The van der Waals surface area contributed by atoms with Crippen LogP contribution in [0.2, 0.25) is 0 Å². The van der Waals surface area contributed by atoms with Crippen LogP contribution in [0.3, 0.4) is 0 Å². The SMILES string of the molecule is CS(=O)(=O)Nc1nc2ccc(N)cc2s1. The minimum atomic E-state index is -3.27. The first kappa shape index (κ1) is 10.2. The molecule has 0 aliphatic rings. The van der Waals surface area contributed by atoms with Crippen LogP contribution < -0.4 is 10.5 Å². The third-order valence-electron chi connectivity index (χ3n) is 1.69. The van der Waals surface area contributed by atoms with Crippen molar-refractivity contribution in [3.63, 3.8) is 0 Å². The highest BCUT2D eigenvalue weighted by atomic mass is 32.2. The number of nitrogen functional groups attached to an aromatic ring is 1.